The predicted octanol–water partition coefficient (Wildman–Crippen LogP) is 5.50. The van der Waals surface area contributed by atoms with Crippen molar-refractivity contribution < 1.29 is 4.39 Å². The van der Waals surface area contributed by atoms with Crippen LogP contribution in [0, 0.1) is 5.82 Å². The van der Waals surface area contributed by atoms with Gasteiger partial charge in [-0.25, -0.2) is 4.39 Å². The van der Waals surface area contributed by atoms with Crippen molar-refractivity contribution in [3.8, 4) is 0 Å². The topological polar surface area (TPSA) is 0 Å². The van der Waals surface area contributed by atoms with E-state index in [4.69, 9.17) is 34.8 Å². The van der Waals surface area contributed by atoms with Gasteiger partial charge in [-0.05, 0) is 30.2 Å². The summed E-state index contributed by atoms with van der Waals surface area (Å²) in [6.45, 7) is 0. The highest BCUT2D eigenvalue weighted by Gasteiger charge is 2.33. The van der Waals surface area contributed by atoms with E-state index in [0.717, 1.165) is 4.88 Å². The number of rotatable bonds is 5. The molecule has 0 aliphatic carbocycles. The van der Waals surface area contributed by atoms with Crippen molar-refractivity contribution in [3.63, 3.8) is 0 Å². The van der Waals surface area contributed by atoms with E-state index < -0.39 is 5.41 Å². The third-order valence-electron chi connectivity index (χ3n) is 3.10. The first-order valence-electron chi connectivity index (χ1n) is 5.72. The van der Waals surface area contributed by atoms with Crippen molar-refractivity contribution in [2.24, 2.45) is 0 Å². The van der Waals surface area contributed by atoms with Crippen LogP contribution in [0.1, 0.15) is 10.4 Å². The van der Waals surface area contributed by atoms with Gasteiger partial charge >= 0.3 is 0 Å². The first-order valence-corrected chi connectivity index (χ1v) is 7.99. The zero-order valence-electron chi connectivity index (χ0n) is 10.0. The molecule has 0 radical (unpaired) electrons. The standard InChI is InChI=1S/C14H12Cl3FS/c15-8-14(9-16,7-10-5-6-13(17)19-10)11-3-1-2-4-12(11)18/h1-6H,7-9H2. The van der Waals surface area contributed by atoms with E-state index in [1.54, 1.807) is 18.2 Å². The van der Waals surface area contributed by atoms with Gasteiger partial charge in [-0.2, -0.15) is 0 Å². The summed E-state index contributed by atoms with van der Waals surface area (Å²) < 4.78 is 14.7. The Morgan fingerprint density at radius 3 is 2.26 bits per heavy atom. The van der Waals surface area contributed by atoms with Crippen LogP contribution in [0.5, 0.6) is 0 Å². The molecule has 0 aliphatic rings. The van der Waals surface area contributed by atoms with Crippen LogP contribution in [0.25, 0.3) is 0 Å². The van der Waals surface area contributed by atoms with Crippen molar-refractivity contribution in [2.45, 2.75) is 11.8 Å². The lowest BCUT2D eigenvalue weighted by Crippen LogP contribution is -2.34. The van der Waals surface area contributed by atoms with Crippen LogP contribution in [0.3, 0.4) is 0 Å². The molecule has 1 heterocycles. The second-order valence-corrected chi connectivity index (χ2v) is 6.74. The number of halogens is 4. The van der Waals surface area contributed by atoms with E-state index in [0.29, 0.717) is 16.3 Å². The minimum absolute atomic E-state index is 0.257. The average molecular weight is 338 g/mol. The Balaban J connectivity index is 2.40. The van der Waals surface area contributed by atoms with Gasteiger partial charge in [0.25, 0.3) is 0 Å². The molecule has 0 spiro atoms. The Labute approximate surface area is 131 Å². The van der Waals surface area contributed by atoms with Gasteiger partial charge in [0.1, 0.15) is 5.82 Å². The molecule has 1 aromatic heterocycles. The van der Waals surface area contributed by atoms with Crippen LogP contribution < -0.4 is 0 Å². The highest BCUT2D eigenvalue weighted by atomic mass is 35.5. The lowest BCUT2D eigenvalue weighted by molar-refractivity contribution is 0.494. The van der Waals surface area contributed by atoms with Gasteiger partial charge in [-0.1, -0.05) is 29.8 Å². The summed E-state index contributed by atoms with van der Waals surface area (Å²) in [4.78, 5) is 1.05. The van der Waals surface area contributed by atoms with Crippen molar-refractivity contribution in [3.05, 3.63) is 57.0 Å². The number of alkyl halides is 2. The minimum Gasteiger partial charge on any atom is -0.207 e. The third-order valence-corrected chi connectivity index (χ3v) is 5.35. The minimum atomic E-state index is -0.608. The molecule has 2 aromatic rings. The third kappa shape index (κ3) is 3.25. The Morgan fingerprint density at radius 2 is 1.74 bits per heavy atom. The van der Waals surface area contributed by atoms with Gasteiger partial charge < -0.3 is 0 Å². The Morgan fingerprint density at radius 1 is 1.05 bits per heavy atom. The summed E-state index contributed by atoms with van der Waals surface area (Å²) in [7, 11) is 0. The maximum Gasteiger partial charge on any atom is 0.127 e. The highest BCUT2D eigenvalue weighted by Crippen LogP contribution is 2.36. The Bertz CT molecular complexity index is 549. The Kier molecular flexibility index (Phi) is 5.13. The molecule has 0 aliphatic heterocycles. The fraction of sp³-hybridized carbons (Fsp3) is 0.286. The quantitative estimate of drug-likeness (QED) is 0.632. The second-order valence-electron chi connectivity index (χ2n) is 4.41. The van der Waals surface area contributed by atoms with Crippen LogP contribution in [0.2, 0.25) is 4.34 Å². The lowest BCUT2D eigenvalue weighted by Gasteiger charge is -2.30. The summed E-state index contributed by atoms with van der Waals surface area (Å²) in [5, 5.41) is 0. The molecule has 0 fully saturated rings. The number of hydrogen-bond donors (Lipinski definition) is 0. The molecule has 0 saturated heterocycles. The molecule has 1 aromatic carbocycles. The maximum atomic E-state index is 14.0. The van der Waals surface area contributed by atoms with Gasteiger partial charge in [0, 0.05) is 22.1 Å². The molecule has 0 bridgehead atoms. The summed E-state index contributed by atoms with van der Waals surface area (Å²) >= 11 is 19.6. The Hall–Kier alpha value is -0.280. The predicted molar refractivity (Wildman–Crippen MR) is 82.6 cm³/mol. The fourth-order valence-electron chi connectivity index (χ4n) is 2.04. The van der Waals surface area contributed by atoms with Crippen molar-refractivity contribution >= 4 is 46.1 Å². The first kappa shape index (κ1) is 15.1. The van der Waals surface area contributed by atoms with E-state index >= 15 is 0 Å². The molecule has 0 nitrogen and oxygen atoms in total. The van der Waals surface area contributed by atoms with Crippen LogP contribution in [0.4, 0.5) is 4.39 Å². The molecule has 0 saturated carbocycles. The van der Waals surface area contributed by atoms with Gasteiger partial charge in [0.2, 0.25) is 0 Å². The molecule has 19 heavy (non-hydrogen) atoms. The largest absolute Gasteiger partial charge is 0.207 e. The molecule has 0 amide bonds. The van der Waals surface area contributed by atoms with Crippen LogP contribution >= 0.6 is 46.1 Å². The van der Waals surface area contributed by atoms with Crippen LogP contribution in [-0.4, -0.2) is 11.8 Å². The van der Waals surface area contributed by atoms with Gasteiger partial charge in [0.15, 0.2) is 0 Å². The SMILES string of the molecule is Fc1ccccc1C(CCl)(CCl)Cc1ccc(Cl)s1. The zero-order valence-corrected chi connectivity index (χ0v) is 13.1. The van der Waals surface area contributed by atoms with Crippen molar-refractivity contribution in [1.29, 1.82) is 0 Å². The summed E-state index contributed by atoms with van der Waals surface area (Å²) in [6, 6.07) is 10.4. The highest BCUT2D eigenvalue weighted by molar-refractivity contribution is 7.16. The molecule has 5 heteroatoms. The average Bonchev–Trinajstić information content (AvgIpc) is 2.82. The monoisotopic (exact) mass is 336 g/mol. The molecule has 0 atom stereocenters. The molecule has 102 valence electrons. The van der Waals surface area contributed by atoms with Gasteiger partial charge in [-0.15, -0.1) is 34.5 Å². The number of hydrogen-bond acceptors (Lipinski definition) is 1. The van der Waals surface area contributed by atoms with Gasteiger partial charge in [-0.3, -0.25) is 0 Å². The lowest BCUT2D eigenvalue weighted by atomic mass is 9.80. The van der Waals surface area contributed by atoms with E-state index in [2.05, 4.69) is 0 Å². The van der Waals surface area contributed by atoms with Crippen molar-refractivity contribution in [1.82, 2.24) is 0 Å². The van der Waals surface area contributed by atoms with Gasteiger partial charge in [0.05, 0.1) is 4.34 Å². The fourth-order valence-corrected chi connectivity index (χ4v) is 4.03. The molecule has 2 rings (SSSR count). The first-order chi connectivity index (χ1) is 9.11. The molecular weight excluding hydrogens is 326 g/mol. The van der Waals surface area contributed by atoms with E-state index in [-0.39, 0.29) is 17.6 Å². The van der Waals surface area contributed by atoms with Crippen LogP contribution in [0.15, 0.2) is 36.4 Å². The van der Waals surface area contributed by atoms with E-state index in [1.165, 1.54) is 17.4 Å². The zero-order chi connectivity index (χ0) is 13.9. The molecule has 0 N–H and O–H groups in total. The number of thiophene rings is 1. The smallest absolute Gasteiger partial charge is 0.127 e. The summed E-state index contributed by atoms with van der Waals surface area (Å²) in [5.41, 5.74) is -0.0488. The van der Waals surface area contributed by atoms with Crippen LogP contribution in [-0.2, 0) is 11.8 Å². The maximum absolute atomic E-state index is 14.0. The summed E-state index contributed by atoms with van der Waals surface area (Å²) in [5.74, 6) is 0.242. The summed E-state index contributed by atoms with van der Waals surface area (Å²) in [6.07, 6.45) is 0.582. The molecular formula is C14H12Cl3FS. The number of benzene rings is 1. The van der Waals surface area contributed by atoms with Crippen molar-refractivity contribution in [2.75, 3.05) is 11.8 Å². The van der Waals surface area contributed by atoms with E-state index in [9.17, 15) is 4.39 Å². The normalized spacial score (nSPS) is 11.8. The molecule has 0 unspecified atom stereocenters. The van der Waals surface area contributed by atoms with E-state index in [1.807, 2.05) is 12.1 Å². The second kappa shape index (κ2) is 6.45.